The molecular formula is C23H29N5O2. The van der Waals surface area contributed by atoms with Crippen molar-refractivity contribution in [2.24, 2.45) is 11.8 Å². The first-order chi connectivity index (χ1) is 14.6. The summed E-state index contributed by atoms with van der Waals surface area (Å²) in [6.45, 7) is 4.50. The van der Waals surface area contributed by atoms with Crippen molar-refractivity contribution in [3.8, 4) is 0 Å². The molecule has 0 aliphatic carbocycles. The van der Waals surface area contributed by atoms with E-state index in [1.165, 1.54) is 11.3 Å². The van der Waals surface area contributed by atoms with Gasteiger partial charge in [-0.05, 0) is 61.8 Å². The number of carbonyl (C=O) groups is 2. The number of carbonyl (C=O) groups excluding carboxylic acids is 2. The summed E-state index contributed by atoms with van der Waals surface area (Å²) in [5.41, 5.74) is 2.98. The predicted molar refractivity (Wildman–Crippen MR) is 114 cm³/mol. The Labute approximate surface area is 176 Å². The molecule has 30 heavy (non-hydrogen) atoms. The predicted octanol–water partition coefficient (Wildman–Crippen LogP) is 2.35. The Bertz CT molecular complexity index is 927. The van der Waals surface area contributed by atoms with Crippen LogP contribution in [0.15, 0.2) is 36.8 Å². The van der Waals surface area contributed by atoms with Gasteiger partial charge in [-0.25, -0.2) is 0 Å². The van der Waals surface area contributed by atoms with Crippen LogP contribution in [0.25, 0.3) is 0 Å². The number of amides is 2. The number of piperidine rings is 3. The van der Waals surface area contributed by atoms with Gasteiger partial charge in [0.15, 0.2) is 0 Å². The molecule has 4 atom stereocenters. The number of nitrogens with one attached hydrogen (secondary N) is 2. The lowest BCUT2D eigenvalue weighted by Gasteiger charge is -2.57. The zero-order valence-corrected chi connectivity index (χ0v) is 17.4. The van der Waals surface area contributed by atoms with Crippen LogP contribution in [0.4, 0.5) is 5.69 Å². The van der Waals surface area contributed by atoms with Gasteiger partial charge in [-0.3, -0.25) is 14.6 Å². The van der Waals surface area contributed by atoms with E-state index in [2.05, 4.69) is 38.1 Å². The molecule has 3 aliphatic heterocycles. The van der Waals surface area contributed by atoms with E-state index in [-0.39, 0.29) is 23.9 Å². The van der Waals surface area contributed by atoms with Gasteiger partial charge in [-0.2, -0.15) is 0 Å². The Morgan fingerprint density at radius 1 is 1.30 bits per heavy atom. The maximum Gasteiger partial charge on any atom is 0.267 e. The van der Waals surface area contributed by atoms with Gasteiger partial charge in [0.05, 0.1) is 6.04 Å². The van der Waals surface area contributed by atoms with Crippen LogP contribution < -0.4 is 10.2 Å². The third-order valence-electron chi connectivity index (χ3n) is 7.14. The van der Waals surface area contributed by atoms with Gasteiger partial charge in [0, 0.05) is 56.4 Å². The number of rotatable bonds is 4. The summed E-state index contributed by atoms with van der Waals surface area (Å²) in [6, 6.07) is 6.01. The summed E-state index contributed by atoms with van der Waals surface area (Å²) in [6.07, 6.45) is 9.31. The lowest BCUT2D eigenvalue weighted by Crippen LogP contribution is -2.67. The fraction of sp³-hybridized carbons (Fsp3) is 0.522. The van der Waals surface area contributed by atoms with Crippen LogP contribution in [0.2, 0.25) is 0 Å². The van der Waals surface area contributed by atoms with E-state index in [0.29, 0.717) is 30.5 Å². The molecule has 7 nitrogen and oxygen atoms in total. The van der Waals surface area contributed by atoms with Crippen LogP contribution in [0, 0.1) is 18.8 Å². The molecule has 0 aromatic carbocycles. The zero-order chi connectivity index (χ0) is 20.7. The van der Waals surface area contributed by atoms with Gasteiger partial charge < -0.3 is 20.1 Å². The van der Waals surface area contributed by atoms with Gasteiger partial charge in [-0.15, -0.1) is 0 Å². The highest BCUT2D eigenvalue weighted by atomic mass is 16.2. The average Bonchev–Trinajstić information content (AvgIpc) is 3.29. The fourth-order valence-electron chi connectivity index (χ4n) is 5.82. The lowest BCUT2D eigenvalue weighted by atomic mass is 9.72. The average molecular weight is 408 g/mol. The summed E-state index contributed by atoms with van der Waals surface area (Å²) >= 11 is 0. The summed E-state index contributed by atoms with van der Waals surface area (Å²) in [5.74, 6) is 0.976. The molecule has 3 saturated heterocycles. The van der Waals surface area contributed by atoms with E-state index >= 15 is 0 Å². The van der Waals surface area contributed by atoms with Gasteiger partial charge in [0.1, 0.15) is 5.69 Å². The molecule has 2 amide bonds. The van der Waals surface area contributed by atoms with Crippen molar-refractivity contribution in [1.82, 2.24) is 20.2 Å². The maximum absolute atomic E-state index is 12.9. The minimum absolute atomic E-state index is 0.0444. The minimum Gasteiger partial charge on any atom is -0.371 e. The molecule has 5 rings (SSSR count). The molecule has 158 valence electrons. The van der Waals surface area contributed by atoms with E-state index in [1.54, 1.807) is 12.3 Å². The zero-order valence-electron chi connectivity index (χ0n) is 17.4. The largest absolute Gasteiger partial charge is 0.371 e. The van der Waals surface area contributed by atoms with Gasteiger partial charge in [-0.1, -0.05) is 0 Å². The highest BCUT2D eigenvalue weighted by Crippen LogP contribution is 2.42. The van der Waals surface area contributed by atoms with E-state index in [9.17, 15) is 9.59 Å². The number of aryl methyl sites for hydroxylation is 1. The lowest BCUT2D eigenvalue weighted by molar-refractivity contribution is -0.148. The first-order valence-corrected chi connectivity index (χ1v) is 11.0. The molecule has 0 radical (unpaired) electrons. The highest BCUT2D eigenvalue weighted by Gasteiger charge is 2.49. The van der Waals surface area contributed by atoms with Crippen molar-refractivity contribution in [2.45, 2.75) is 44.7 Å². The number of aromatic nitrogens is 2. The molecule has 0 spiro atoms. The molecule has 2 N–H and O–H groups in total. The van der Waals surface area contributed by atoms with Crippen molar-refractivity contribution in [2.75, 3.05) is 24.5 Å². The standard InChI is InChI=1S/C23H29N5O2/c1-15-11-24-9-7-19(15)27-13-16-10-17(14-27)21(28-20(16)5-2-6-22(28)29)12-26-23(30)18-4-3-8-25-18/h3-4,7-9,11,16-17,20-21,25H,2,5-6,10,12-14H2,1H3,(H,26,30)/t16-,17+,20+,21+/m1/s1. The van der Waals surface area contributed by atoms with Crippen molar-refractivity contribution >= 4 is 17.5 Å². The third-order valence-corrected chi connectivity index (χ3v) is 7.14. The molecule has 2 aromatic rings. The molecule has 2 bridgehead atoms. The van der Waals surface area contributed by atoms with Crippen molar-refractivity contribution < 1.29 is 9.59 Å². The SMILES string of the molecule is Cc1cnccc1N1C[C@H]2C[C@@H](C1)[C@H](CNC(=O)c1ccc[nH]1)N1C(=O)CCC[C@@H]21. The number of aromatic amines is 1. The maximum atomic E-state index is 12.9. The quantitative estimate of drug-likeness (QED) is 0.815. The number of H-pyrrole nitrogens is 1. The second-order valence-corrected chi connectivity index (χ2v) is 8.94. The number of hydrogen-bond donors (Lipinski definition) is 2. The molecular weight excluding hydrogens is 378 g/mol. The topological polar surface area (TPSA) is 81.3 Å². The molecule has 0 unspecified atom stereocenters. The van der Waals surface area contributed by atoms with Gasteiger partial charge >= 0.3 is 0 Å². The van der Waals surface area contributed by atoms with Crippen LogP contribution in [-0.2, 0) is 4.79 Å². The number of nitrogens with zero attached hydrogens (tertiary/aromatic N) is 3. The number of anilines is 1. The Hall–Kier alpha value is -2.83. The second-order valence-electron chi connectivity index (χ2n) is 8.94. The molecule has 0 saturated carbocycles. The van der Waals surface area contributed by atoms with Gasteiger partial charge in [0.25, 0.3) is 5.91 Å². The molecule has 3 aliphatic rings. The number of hydrogen-bond acceptors (Lipinski definition) is 4. The monoisotopic (exact) mass is 407 g/mol. The first kappa shape index (κ1) is 19.2. The summed E-state index contributed by atoms with van der Waals surface area (Å²) in [4.78, 5) is 37.3. The second kappa shape index (κ2) is 7.78. The Balaban J connectivity index is 1.40. The van der Waals surface area contributed by atoms with Crippen LogP contribution in [0.1, 0.15) is 41.7 Å². The first-order valence-electron chi connectivity index (χ1n) is 11.0. The third kappa shape index (κ3) is 3.36. The van der Waals surface area contributed by atoms with Crippen LogP contribution in [-0.4, -0.2) is 58.4 Å². The van der Waals surface area contributed by atoms with Crippen molar-refractivity contribution in [1.29, 1.82) is 0 Å². The van der Waals surface area contributed by atoms with Crippen LogP contribution in [0.3, 0.4) is 0 Å². The van der Waals surface area contributed by atoms with Crippen LogP contribution in [0.5, 0.6) is 0 Å². The summed E-state index contributed by atoms with van der Waals surface area (Å²) < 4.78 is 0. The van der Waals surface area contributed by atoms with E-state index in [0.717, 1.165) is 32.4 Å². The van der Waals surface area contributed by atoms with E-state index in [4.69, 9.17) is 0 Å². The molecule has 3 fully saturated rings. The normalized spacial score (nSPS) is 28.2. The summed E-state index contributed by atoms with van der Waals surface area (Å²) in [7, 11) is 0. The fourth-order valence-corrected chi connectivity index (χ4v) is 5.82. The Morgan fingerprint density at radius 3 is 2.97 bits per heavy atom. The van der Waals surface area contributed by atoms with Crippen molar-refractivity contribution in [3.63, 3.8) is 0 Å². The minimum atomic E-state index is -0.110. The van der Waals surface area contributed by atoms with Gasteiger partial charge in [0.2, 0.25) is 5.91 Å². The molecule has 5 heterocycles. The highest BCUT2D eigenvalue weighted by molar-refractivity contribution is 5.92. The Morgan fingerprint density at radius 2 is 2.17 bits per heavy atom. The van der Waals surface area contributed by atoms with E-state index < -0.39 is 0 Å². The van der Waals surface area contributed by atoms with Crippen molar-refractivity contribution in [3.05, 3.63) is 48.0 Å². The van der Waals surface area contributed by atoms with Crippen LogP contribution >= 0.6 is 0 Å². The van der Waals surface area contributed by atoms with E-state index in [1.807, 2.05) is 18.5 Å². The summed E-state index contributed by atoms with van der Waals surface area (Å²) in [5, 5.41) is 3.08. The smallest absolute Gasteiger partial charge is 0.267 e. The Kier molecular flexibility index (Phi) is 4.97. The number of pyridine rings is 1. The molecule has 2 aromatic heterocycles. The number of fused-ring (bicyclic) bond motifs is 4. The molecule has 7 heteroatoms.